The number of hydrogen-bond donors (Lipinski definition) is 3. The summed E-state index contributed by atoms with van der Waals surface area (Å²) in [5.74, 6) is 0. The maximum Gasteiger partial charge on any atom is 0.500 e. The number of rotatable bonds is 12. The first-order chi connectivity index (χ1) is 14.1. The van der Waals surface area contributed by atoms with Crippen LogP contribution in [0.4, 0.5) is 10.5 Å². The Morgan fingerprint density at radius 1 is 1.03 bits per heavy atom. The summed E-state index contributed by atoms with van der Waals surface area (Å²) < 4.78 is 17.5. The van der Waals surface area contributed by atoms with Crippen molar-refractivity contribution >= 4 is 20.5 Å². The van der Waals surface area contributed by atoms with Gasteiger partial charge in [-0.2, -0.15) is 0 Å². The molecule has 172 valence electrons. The van der Waals surface area contributed by atoms with Crippen molar-refractivity contribution in [3.63, 3.8) is 0 Å². The number of aryl methyl sites for hydroxylation is 1. The minimum absolute atomic E-state index is 0.0330. The van der Waals surface area contributed by atoms with Crippen molar-refractivity contribution in [3.05, 3.63) is 28.8 Å². The van der Waals surface area contributed by atoms with Gasteiger partial charge in [0.25, 0.3) is 0 Å². The summed E-state index contributed by atoms with van der Waals surface area (Å²) in [7, 11) is -2.66. The average molecular weight is 440 g/mol. The third-order valence-corrected chi connectivity index (χ3v) is 7.99. The number of benzene rings is 1. The molecule has 0 saturated heterocycles. The Hall–Kier alpha value is -1.61. The predicted molar refractivity (Wildman–Crippen MR) is 125 cm³/mol. The minimum atomic E-state index is -2.66. The van der Waals surface area contributed by atoms with Crippen LogP contribution >= 0.6 is 0 Å². The molecular weight excluding hydrogens is 398 g/mol. The second kappa shape index (κ2) is 12.3. The van der Waals surface area contributed by atoms with Crippen molar-refractivity contribution in [2.24, 2.45) is 0 Å². The molecule has 1 aromatic carbocycles. The predicted octanol–water partition coefficient (Wildman–Crippen LogP) is 4.11. The smallest absolute Gasteiger partial charge is 0.398 e. The Morgan fingerprint density at radius 2 is 1.60 bits per heavy atom. The Morgan fingerprint density at radius 3 is 2.07 bits per heavy atom. The number of anilines is 1. The van der Waals surface area contributed by atoms with Crippen molar-refractivity contribution in [3.8, 4) is 0 Å². The fourth-order valence-electron chi connectivity index (χ4n) is 3.26. The van der Waals surface area contributed by atoms with E-state index in [0.717, 1.165) is 17.5 Å². The van der Waals surface area contributed by atoms with Crippen molar-refractivity contribution in [2.45, 2.75) is 72.9 Å². The van der Waals surface area contributed by atoms with Gasteiger partial charge in [0.05, 0.1) is 0 Å². The highest BCUT2D eigenvalue weighted by molar-refractivity contribution is 6.60. The molecule has 0 aliphatic rings. The van der Waals surface area contributed by atoms with Gasteiger partial charge in [0.2, 0.25) is 0 Å². The molecule has 2 amide bonds. The van der Waals surface area contributed by atoms with Crippen LogP contribution < -0.4 is 16.4 Å². The molecule has 0 bridgehead atoms. The number of carbonyl (C=O) groups is 1. The number of nitrogens with two attached hydrogens (primary N) is 1. The van der Waals surface area contributed by atoms with Gasteiger partial charge in [0.1, 0.15) is 0 Å². The summed E-state index contributed by atoms with van der Waals surface area (Å²) in [5, 5.41) is 5.79. The summed E-state index contributed by atoms with van der Waals surface area (Å²) in [5.41, 5.74) is 10.2. The topological polar surface area (TPSA) is 94.8 Å². The van der Waals surface area contributed by atoms with Crippen molar-refractivity contribution in [2.75, 3.05) is 32.1 Å². The molecule has 4 N–H and O–H groups in total. The van der Waals surface area contributed by atoms with Crippen LogP contribution in [0.2, 0.25) is 6.04 Å². The molecular formula is C22H41N3O4Si. The molecule has 0 aliphatic heterocycles. The number of carbonyl (C=O) groups excluding carboxylic acids is 1. The van der Waals surface area contributed by atoms with Gasteiger partial charge in [0.15, 0.2) is 0 Å². The molecule has 8 heteroatoms. The highest BCUT2D eigenvalue weighted by atomic mass is 28.4. The van der Waals surface area contributed by atoms with Gasteiger partial charge in [-0.15, -0.1) is 0 Å². The van der Waals surface area contributed by atoms with Gasteiger partial charge in [-0.25, -0.2) is 4.79 Å². The molecule has 0 unspecified atom stereocenters. The van der Waals surface area contributed by atoms with Crippen LogP contribution in [0.3, 0.4) is 0 Å². The van der Waals surface area contributed by atoms with Crippen molar-refractivity contribution in [1.82, 2.24) is 10.6 Å². The van der Waals surface area contributed by atoms with Crippen LogP contribution in [0.1, 0.15) is 64.7 Å². The molecule has 0 aliphatic carbocycles. The largest absolute Gasteiger partial charge is 0.500 e. The first-order valence-corrected chi connectivity index (χ1v) is 12.8. The van der Waals surface area contributed by atoms with E-state index in [4.69, 9.17) is 19.0 Å². The fourth-order valence-corrected chi connectivity index (χ4v) is 5.87. The maximum absolute atomic E-state index is 12.2. The Kier molecular flexibility index (Phi) is 10.8. The minimum Gasteiger partial charge on any atom is -0.398 e. The first kappa shape index (κ1) is 26.4. The molecule has 0 heterocycles. The second-order valence-corrected chi connectivity index (χ2v) is 11.0. The number of nitrogens with one attached hydrogen (secondary N) is 2. The quantitative estimate of drug-likeness (QED) is 0.259. The molecule has 0 saturated carbocycles. The van der Waals surface area contributed by atoms with Crippen molar-refractivity contribution in [1.29, 1.82) is 0 Å². The molecule has 1 aromatic rings. The Labute approximate surface area is 183 Å². The molecule has 0 spiro atoms. The second-order valence-electron chi connectivity index (χ2n) is 8.31. The van der Waals surface area contributed by atoms with Gasteiger partial charge < -0.3 is 29.6 Å². The Balaban J connectivity index is 2.54. The molecule has 30 heavy (non-hydrogen) atoms. The highest BCUT2D eigenvalue weighted by Gasteiger charge is 2.39. The molecule has 7 nitrogen and oxygen atoms in total. The zero-order valence-electron chi connectivity index (χ0n) is 19.8. The van der Waals surface area contributed by atoms with Gasteiger partial charge in [-0.3, -0.25) is 0 Å². The van der Waals surface area contributed by atoms with Gasteiger partial charge in [-0.1, -0.05) is 26.8 Å². The van der Waals surface area contributed by atoms with E-state index in [1.165, 1.54) is 5.56 Å². The van der Waals surface area contributed by atoms with Crippen LogP contribution in [0.25, 0.3) is 0 Å². The zero-order chi connectivity index (χ0) is 22.8. The van der Waals surface area contributed by atoms with E-state index in [-0.39, 0.29) is 11.4 Å². The van der Waals surface area contributed by atoms with E-state index in [1.807, 2.05) is 33.8 Å². The normalized spacial score (nSPS) is 12.1. The van der Waals surface area contributed by atoms with Crippen LogP contribution in [-0.4, -0.2) is 41.2 Å². The summed E-state index contributed by atoms with van der Waals surface area (Å²) in [6.07, 6.45) is 0.723. The van der Waals surface area contributed by atoms with Crippen LogP contribution in [-0.2, 0) is 25.2 Å². The van der Waals surface area contributed by atoms with E-state index in [9.17, 15) is 4.79 Å². The van der Waals surface area contributed by atoms with Crippen LogP contribution in [0, 0.1) is 6.92 Å². The van der Waals surface area contributed by atoms with E-state index in [1.54, 1.807) is 0 Å². The number of urea groups is 1. The molecule has 0 atom stereocenters. The lowest BCUT2D eigenvalue weighted by Gasteiger charge is -2.28. The third kappa shape index (κ3) is 8.26. The standard InChI is InChI=1S/C22H41N3O4Si/c1-8-27-30(28-9-2,29-10-3)13-11-12-24-21(26)25-16-19-17(4)14-18(15-20(19)23)22(5,6)7/h14-15H,8-13,16,23H2,1-7H3,(H2,24,25,26). The van der Waals surface area contributed by atoms with E-state index in [2.05, 4.69) is 37.5 Å². The summed E-state index contributed by atoms with van der Waals surface area (Å²) in [4.78, 5) is 12.2. The zero-order valence-corrected chi connectivity index (χ0v) is 20.8. The van der Waals surface area contributed by atoms with E-state index in [0.29, 0.717) is 44.6 Å². The summed E-state index contributed by atoms with van der Waals surface area (Å²) >= 11 is 0. The Bertz CT molecular complexity index is 637. The average Bonchev–Trinajstić information content (AvgIpc) is 2.64. The number of nitrogen functional groups attached to an aromatic ring is 1. The molecule has 1 rings (SSSR count). The highest BCUT2D eigenvalue weighted by Crippen LogP contribution is 2.28. The third-order valence-electron chi connectivity index (χ3n) is 4.84. The monoisotopic (exact) mass is 439 g/mol. The number of amides is 2. The summed E-state index contributed by atoms with van der Waals surface area (Å²) in [6, 6.07) is 4.60. The van der Waals surface area contributed by atoms with Gasteiger partial charge >= 0.3 is 14.8 Å². The summed E-state index contributed by atoms with van der Waals surface area (Å²) in [6.45, 7) is 16.9. The maximum atomic E-state index is 12.2. The SMILES string of the molecule is CCO[Si](CCCNC(=O)NCc1c(C)cc(C(C)(C)C)cc1N)(OCC)OCC. The van der Waals surface area contributed by atoms with Crippen LogP contribution in [0.15, 0.2) is 12.1 Å². The molecule has 0 fully saturated rings. The molecule has 0 radical (unpaired) electrons. The lowest BCUT2D eigenvalue weighted by Crippen LogP contribution is -2.46. The lowest BCUT2D eigenvalue weighted by molar-refractivity contribution is 0.0708. The lowest BCUT2D eigenvalue weighted by atomic mass is 9.85. The van der Waals surface area contributed by atoms with Crippen molar-refractivity contribution < 1.29 is 18.1 Å². The first-order valence-electron chi connectivity index (χ1n) is 10.9. The molecule has 0 aromatic heterocycles. The van der Waals surface area contributed by atoms with E-state index < -0.39 is 8.80 Å². The van der Waals surface area contributed by atoms with Gasteiger partial charge in [-0.05, 0) is 62.3 Å². The van der Waals surface area contributed by atoms with Crippen LogP contribution in [0.5, 0.6) is 0 Å². The van der Waals surface area contributed by atoms with Gasteiger partial charge in [0, 0.05) is 44.6 Å². The van der Waals surface area contributed by atoms with E-state index >= 15 is 0 Å². The fraction of sp³-hybridized carbons (Fsp3) is 0.682. The number of hydrogen-bond acceptors (Lipinski definition) is 5.